The van der Waals surface area contributed by atoms with E-state index in [0.717, 1.165) is 51.6 Å². The largest absolute Gasteiger partial charge is 0.496 e. The summed E-state index contributed by atoms with van der Waals surface area (Å²) in [6.07, 6.45) is 5.85. The van der Waals surface area contributed by atoms with Gasteiger partial charge in [0.2, 0.25) is 5.88 Å². The summed E-state index contributed by atoms with van der Waals surface area (Å²) in [6, 6.07) is 3.31. The predicted octanol–water partition coefficient (Wildman–Crippen LogP) is 5.14. The summed E-state index contributed by atoms with van der Waals surface area (Å²) in [5, 5.41) is 6.65. The molecule has 0 radical (unpaired) electrons. The van der Waals surface area contributed by atoms with E-state index in [0.29, 0.717) is 48.6 Å². The number of nitrogens with two attached hydrogens (primary N) is 1. The third-order valence-electron chi connectivity index (χ3n) is 9.68. The maximum Gasteiger partial charge on any atom is 0.407 e. The maximum absolute atomic E-state index is 14.4. The van der Waals surface area contributed by atoms with Crippen molar-refractivity contribution in [2.45, 2.75) is 103 Å². The Bertz CT molecular complexity index is 1600. The molecule has 1 saturated heterocycles. The zero-order valence-electron chi connectivity index (χ0n) is 31.5. The summed E-state index contributed by atoms with van der Waals surface area (Å²) in [5.74, 6) is 5.79. The van der Waals surface area contributed by atoms with Gasteiger partial charge in [-0.2, -0.15) is 0 Å². The van der Waals surface area contributed by atoms with E-state index in [-0.39, 0.29) is 29.7 Å². The second-order valence-electron chi connectivity index (χ2n) is 14.5. The first-order valence-corrected chi connectivity index (χ1v) is 18.5. The van der Waals surface area contributed by atoms with Crippen molar-refractivity contribution in [3.63, 3.8) is 0 Å². The third kappa shape index (κ3) is 11.2. The molecule has 4 rings (SSSR count). The number of benzene rings is 1. The van der Waals surface area contributed by atoms with Crippen molar-refractivity contribution in [2.24, 2.45) is 17.6 Å². The Hall–Kier alpha value is -4.15. The van der Waals surface area contributed by atoms with Crippen LogP contribution in [0.4, 0.5) is 9.18 Å². The molecule has 0 spiro atoms. The molecule has 2 heterocycles. The van der Waals surface area contributed by atoms with E-state index in [1.807, 2.05) is 27.7 Å². The fourth-order valence-corrected chi connectivity index (χ4v) is 6.93. The molecule has 0 bridgehead atoms. The number of fused-ring (bicyclic) bond motifs is 1. The van der Waals surface area contributed by atoms with Crippen molar-refractivity contribution < 1.29 is 37.7 Å². The molecule has 3 amide bonds. The van der Waals surface area contributed by atoms with Crippen LogP contribution < -0.4 is 25.8 Å². The van der Waals surface area contributed by atoms with Crippen LogP contribution in [0.25, 0.3) is 10.8 Å². The van der Waals surface area contributed by atoms with Gasteiger partial charge < -0.3 is 40.2 Å². The lowest BCUT2D eigenvalue weighted by molar-refractivity contribution is -0.124. The highest BCUT2D eigenvalue weighted by Gasteiger charge is 2.42. The quantitative estimate of drug-likeness (QED) is 0.158. The number of aromatic nitrogens is 1. The van der Waals surface area contributed by atoms with E-state index in [9.17, 15) is 18.8 Å². The number of carbonyl (C=O) groups excluding carboxylic acids is 3. The topological polar surface area (TPSA) is 154 Å². The monoisotopic (exact) mass is 725 g/mol. The fraction of sp³-hybridized carbons (Fsp3) is 0.641. The van der Waals surface area contributed by atoms with Gasteiger partial charge >= 0.3 is 6.09 Å². The molecule has 1 aromatic carbocycles. The Morgan fingerprint density at radius 1 is 1.12 bits per heavy atom. The van der Waals surface area contributed by atoms with Crippen molar-refractivity contribution in [1.82, 2.24) is 20.5 Å². The summed E-state index contributed by atoms with van der Waals surface area (Å²) in [7, 11) is 1.45. The number of nitrogens with one attached hydrogen (secondary N) is 2. The number of alkyl halides is 1. The highest BCUT2D eigenvalue weighted by atomic mass is 19.1. The highest BCUT2D eigenvalue weighted by Crippen LogP contribution is 2.34. The molecule has 2 aliphatic rings. The molecule has 1 aromatic heterocycles. The molecule has 1 saturated carbocycles. The molecule has 1 aliphatic carbocycles. The number of methoxy groups -OCH3 is 1. The first-order chi connectivity index (χ1) is 24.8. The van der Waals surface area contributed by atoms with Gasteiger partial charge in [0.15, 0.2) is 6.17 Å². The van der Waals surface area contributed by atoms with Crippen LogP contribution in [0.2, 0.25) is 0 Å². The second-order valence-corrected chi connectivity index (χ2v) is 14.5. The normalized spacial score (nSPS) is 21.7. The van der Waals surface area contributed by atoms with Gasteiger partial charge in [-0.25, -0.2) is 14.2 Å². The Labute approximate surface area is 307 Å². The van der Waals surface area contributed by atoms with Gasteiger partial charge in [-0.15, -0.1) is 0 Å². The zero-order valence-corrected chi connectivity index (χ0v) is 31.5. The summed E-state index contributed by atoms with van der Waals surface area (Å²) in [6.45, 7) is 13.3. The molecule has 52 heavy (non-hydrogen) atoms. The van der Waals surface area contributed by atoms with E-state index in [1.54, 1.807) is 18.3 Å². The number of primary amides is 1. The van der Waals surface area contributed by atoms with Crippen LogP contribution in [0.1, 0.15) is 95.5 Å². The number of hydrogen-bond donors (Lipinski definition) is 3. The number of rotatable bonds is 16. The Morgan fingerprint density at radius 2 is 1.85 bits per heavy atom. The molecule has 286 valence electrons. The molecule has 2 aromatic rings. The van der Waals surface area contributed by atoms with Gasteiger partial charge in [-0.1, -0.05) is 25.7 Å². The van der Waals surface area contributed by atoms with Crippen molar-refractivity contribution in [2.75, 3.05) is 46.6 Å². The summed E-state index contributed by atoms with van der Waals surface area (Å²) >= 11 is 0. The minimum Gasteiger partial charge on any atom is -0.496 e. The number of hydrogen-bond acceptors (Lipinski definition) is 9. The predicted molar refractivity (Wildman–Crippen MR) is 197 cm³/mol. The number of amides is 3. The van der Waals surface area contributed by atoms with Crippen LogP contribution in [0, 0.1) is 23.7 Å². The van der Waals surface area contributed by atoms with E-state index >= 15 is 0 Å². The van der Waals surface area contributed by atoms with Gasteiger partial charge in [0.1, 0.15) is 18.0 Å². The smallest absolute Gasteiger partial charge is 0.407 e. The van der Waals surface area contributed by atoms with Crippen LogP contribution in [-0.2, 0) is 14.3 Å². The maximum atomic E-state index is 14.4. The van der Waals surface area contributed by atoms with Crippen molar-refractivity contribution in [1.29, 1.82) is 0 Å². The first-order valence-electron chi connectivity index (χ1n) is 18.5. The number of nitrogens with zero attached hydrogens (tertiary/aromatic N) is 2. The van der Waals surface area contributed by atoms with Crippen LogP contribution >= 0.6 is 0 Å². The van der Waals surface area contributed by atoms with Crippen molar-refractivity contribution in [3.05, 3.63) is 29.5 Å². The van der Waals surface area contributed by atoms with Gasteiger partial charge in [0.25, 0.3) is 11.8 Å². The summed E-state index contributed by atoms with van der Waals surface area (Å²) < 4.78 is 36.9. The van der Waals surface area contributed by atoms with E-state index in [4.69, 9.17) is 24.7 Å². The Balaban J connectivity index is 1.32. The van der Waals surface area contributed by atoms with Gasteiger partial charge in [0, 0.05) is 61.2 Å². The van der Waals surface area contributed by atoms with E-state index in [2.05, 4.69) is 39.3 Å². The van der Waals surface area contributed by atoms with Gasteiger partial charge in [0.05, 0.1) is 24.3 Å². The second kappa shape index (κ2) is 19.1. The fourth-order valence-electron chi connectivity index (χ4n) is 6.93. The van der Waals surface area contributed by atoms with Crippen LogP contribution in [0.5, 0.6) is 11.6 Å². The minimum absolute atomic E-state index is 0.0395. The summed E-state index contributed by atoms with van der Waals surface area (Å²) in [4.78, 5) is 43.1. The van der Waals surface area contributed by atoms with Gasteiger partial charge in [-0.3, -0.25) is 9.59 Å². The SMILES string of the molecule is CC[C@@H]1[C@H](F)C(=O)N[C@@H]1COc1ncc(C#CC2CCC(N(CC)CCCOCCCNC(=O)OC(C)(C)C)CC2)c2cc(C(N)=O)c(OC)cc12. The van der Waals surface area contributed by atoms with E-state index in [1.165, 1.54) is 7.11 Å². The highest BCUT2D eigenvalue weighted by molar-refractivity contribution is 6.03. The minimum atomic E-state index is -1.57. The van der Waals surface area contributed by atoms with Crippen LogP contribution in [0.3, 0.4) is 0 Å². The zero-order chi connectivity index (χ0) is 37.8. The third-order valence-corrected chi connectivity index (χ3v) is 9.68. The molecular formula is C39H56FN5O7. The van der Waals surface area contributed by atoms with E-state index < -0.39 is 41.6 Å². The molecule has 13 heteroatoms. The number of pyridine rings is 1. The lowest BCUT2D eigenvalue weighted by Gasteiger charge is -2.35. The molecule has 1 aliphatic heterocycles. The Kier molecular flexibility index (Phi) is 14.9. The molecule has 12 nitrogen and oxygen atoms in total. The average Bonchev–Trinajstić information content (AvgIpc) is 3.39. The first kappa shape index (κ1) is 40.6. The average molecular weight is 726 g/mol. The molecular weight excluding hydrogens is 669 g/mol. The lowest BCUT2D eigenvalue weighted by atomic mass is 9.85. The molecule has 3 atom stereocenters. The molecule has 2 fully saturated rings. The lowest BCUT2D eigenvalue weighted by Crippen LogP contribution is -2.38. The standard InChI is InChI=1S/C39H56FN5O7/c1-7-28-32(44-36(47)34(28)40)24-51-37-30-22-33(49-6)31(35(41)46)21-29(30)26(23-43-37)14-11-25-12-15-27(16-13-25)45(8-2)18-10-20-50-19-9-17-42-38(48)52-39(3,4)5/h21-23,25,27-28,32,34H,7-10,12-13,15-20,24H2,1-6H3,(H2,41,46)(H,42,48)(H,44,47)/t25?,27?,28-,32+,34-/m0/s1. The number of ether oxygens (including phenoxy) is 4. The number of carbonyl (C=O) groups is 3. The molecule has 0 unspecified atom stereocenters. The van der Waals surface area contributed by atoms with Crippen molar-refractivity contribution in [3.8, 4) is 23.5 Å². The Morgan fingerprint density at radius 3 is 2.50 bits per heavy atom. The number of alkyl carbamates (subject to hydrolysis) is 1. The summed E-state index contributed by atoms with van der Waals surface area (Å²) in [5.41, 5.74) is 6.03. The van der Waals surface area contributed by atoms with Crippen molar-refractivity contribution >= 4 is 28.7 Å². The van der Waals surface area contributed by atoms with Crippen LogP contribution in [0.15, 0.2) is 18.3 Å². The number of halogens is 1. The van der Waals surface area contributed by atoms with Gasteiger partial charge in [-0.05, 0) is 84.4 Å². The van der Waals surface area contributed by atoms with Crippen LogP contribution in [-0.4, -0.2) is 98.2 Å². The molecule has 4 N–H and O–H groups in total.